The normalized spacial score (nSPS) is 27.0. The summed E-state index contributed by atoms with van der Waals surface area (Å²) in [5.41, 5.74) is 3.58. The summed E-state index contributed by atoms with van der Waals surface area (Å²) in [6, 6.07) is 17.4. The van der Waals surface area contributed by atoms with Gasteiger partial charge in [-0.05, 0) is 56.7 Å². The Hall–Kier alpha value is -1.80. The van der Waals surface area contributed by atoms with E-state index in [9.17, 15) is 5.11 Å². The lowest BCUT2D eigenvalue weighted by Gasteiger charge is -2.27. The lowest BCUT2D eigenvalue weighted by molar-refractivity contribution is 0.228. The molecule has 0 radical (unpaired) electrons. The first kappa shape index (κ1) is 15.7. The summed E-state index contributed by atoms with van der Waals surface area (Å²) in [5, 5.41) is 10.4. The third kappa shape index (κ3) is 2.95. The molecule has 1 saturated carbocycles. The highest BCUT2D eigenvalue weighted by Crippen LogP contribution is 2.49. The zero-order valence-corrected chi connectivity index (χ0v) is 14.7. The number of fused-ring (bicyclic) bond motifs is 1. The van der Waals surface area contributed by atoms with Gasteiger partial charge in [0.25, 0.3) is 0 Å². The van der Waals surface area contributed by atoms with Gasteiger partial charge in [0.1, 0.15) is 5.75 Å². The van der Waals surface area contributed by atoms with Crippen LogP contribution in [0.4, 0.5) is 0 Å². The average Bonchev–Trinajstić information content (AvgIpc) is 3.30. The number of benzene rings is 2. The second kappa shape index (κ2) is 6.25. The number of likely N-dealkylation sites (tertiary alicyclic amines) is 1. The van der Waals surface area contributed by atoms with Crippen LogP contribution < -0.4 is 0 Å². The zero-order chi connectivity index (χ0) is 16.7. The smallest absolute Gasteiger partial charge is 0.119 e. The molecule has 2 fully saturated rings. The molecule has 2 unspecified atom stereocenters. The molecule has 0 amide bonds. The number of phenolic OH excluding ortho intramolecular Hbond substituents is 1. The molecule has 126 valence electrons. The molecule has 2 heteroatoms. The molecule has 0 bridgehead atoms. The Bertz CT molecular complexity index is 711. The van der Waals surface area contributed by atoms with Crippen LogP contribution in [0.15, 0.2) is 48.5 Å². The summed E-state index contributed by atoms with van der Waals surface area (Å²) >= 11 is 0. The third-order valence-electron chi connectivity index (χ3n) is 6.11. The lowest BCUT2D eigenvalue weighted by Crippen LogP contribution is -2.32. The van der Waals surface area contributed by atoms with Crippen molar-refractivity contribution in [1.29, 1.82) is 0 Å². The average molecular weight is 321 g/mol. The van der Waals surface area contributed by atoms with Crippen LogP contribution in [-0.4, -0.2) is 29.1 Å². The Labute approximate surface area is 145 Å². The minimum Gasteiger partial charge on any atom is -0.508 e. The van der Waals surface area contributed by atoms with Gasteiger partial charge in [0, 0.05) is 24.1 Å². The molecule has 2 aliphatic rings. The Balaban J connectivity index is 1.57. The summed E-state index contributed by atoms with van der Waals surface area (Å²) in [5.74, 6) is 2.59. The molecule has 0 spiro atoms. The second-order valence-electron chi connectivity index (χ2n) is 7.71. The van der Waals surface area contributed by atoms with Crippen LogP contribution in [0.5, 0.6) is 5.75 Å². The van der Waals surface area contributed by atoms with Gasteiger partial charge < -0.3 is 10.0 Å². The number of phenols is 1. The van der Waals surface area contributed by atoms with Crippen LogP contribution in [0, 0.1) is 18.8 Å². The maximum absolute atomic E-state index is 10.4. The van der Waals surface area contributed by atoms with E-state index in [-0.39, 0.29) is 5.92 Å². The SMILES string of the molecule is Cc1ccc(O)c(C(CCN2C[C@H]3C[C@H]3C2C)c2ccccc2)c1. The summed E-state index contributed by atoms with van der Waals surface area (Å²) < 4.78 is 0. The van der Waals surface area contributed by atoms with Crippen LogP contribution >= 0.6 is 0 Å². The van der Waals surface area contributed by atoms with Crippen molar-refractivity contribution in [1.82, 2.24) is 4.90 Å². The van der Waals surface area contributed by atoms with Crippen LogP contribution in [-0.2, 0) is 0 Å². The van der Waals surface area contributed by atoms with E-state index < -0.39 is 0 Å². The number of piperidine rings is 1. The maximum atomic E-state index is 10.4. The van der Waals surface area contributed by atoms with Gasteiger partial charge in [0.05, 0.1) is 0 Å². The molecule has 4 atom stereocenters. The molecule has 2 aromatic carbocycles. The summed E-state index contributed by atoms with van der Waals surface area (Å²) in [6.45, 7) is 6.87. The highest BCUT2D eigenvalue weighted by atomic mass is 16.3. The first-order valence-electron chi connectivity index (χ1n) is 9.22. The van der Waals surface area contributed by atoms with Crippen molar-refractivity contribution in [2.45, 2.75) is 38.6 Å². The lowest BCUT2D eigenvalue weighted by atomic mass is 9.87. The largest absolute Gasteiger partial charge is 0.508 e. The van der Waals surface area contributed by atoms with E-state index in [0.29, 0.717) is 5.75 Å². The Morgan fingerprint density at radius 3 is 2.67 bits per heavy atom. The number of aromatic hydroxyl groups is 1. The topological polar surface area (TPSA) is 23.5 Å². The highest BCUT2D eigenvalue weighted by molar-refractivity contribution is 5.43. The van der Waals surface area contributed by atoms with Crippen LogP contribution in [0.2, 0.25) is 0 Å². The fourth-order valence-corrected chi connectivity index (χ4v) is 4.54. The van der Waals surface area contributed by atoms with E-state index in [1.54, 1.807) is 0 Å². The van der Waals surface area contributed by atoms with Crippen molar-refractivity contribution in [2.75, 3.05) is 13.1 Å². The monoisotopic (exact) mass is 321 g/mol. The minimum atomic E-state index is 0.259. The van der Waals surface area contributed by atoms with Crippen molar-refractivity contribution in [3.63, 3.8) is 0 Å². The highest BCUT2D eigenvalue weighted by Gasteiger charge is 2.49. The molecule has 1 heterocycles. The van der Waals surface area contributed by atoms with Gasteiger partial charge in [-0.25, -0.2) is 0 Å². The minimum absolute atomic E-state index is 0.259. The number of hydrogen-bond acceptors (Lipinski definition) is 2. The van der Waals surface area contributed by atoms with Gasteiger partial charge in [-0.15, -0.1) is 0 Å². The maximum Gasteiger partial charge on any atom is 0.119 e. The predicted molar refractivity (Wildman–Crippen MR) is 98.4 cm³/mol. The van der Waals surface area contributed by atoms with E-state index in [1.165, 1.54) is 24.1 Å². The van der Waals surface area contributed by atoms with Gasteiger partial charge >= 0.3 is 0 Å². The van der Waals surface area contributed by atoms with Crippen molar-refractivity contribution in [3.8, 4) is 5.75 Å². The van der Waals surface area contributed by atoms with Crippen LogP contribution in [0.1, 0.15) is 42.4 Å². The number of hydrogen-bond donors (Lipinski definition) is 1. The summed E-state index contributed by atoms with van der Waals surface area (Å²) in [4.78, 5) is 2.65. The van der Waals surface area contributed by atoms with E-state index in [2.05, 4.69) is 55.1 Å². The second-order valence-corrected chi connectivity index (χ2v) is 7.71. The van der Waals surface area contributed by atoms with Gasteiger partial charge in [-0.2, -0.15) is 0 Å². The molecule has 2 nitrogen and oxygen atoms in total. The Morgan fingerprint density at radius 1 is 1.17 bits per heavy atom. The molecule has 4 rings (SSSR count). The molecule has 24 heavy (non-hydrogen) atoms. The standard InChI is InChI=1S/C22H27NO/c1-15-8-9-22(24)21(12-15)19(17-6-4-3-5-7-17)10-11-23-14-18-13-20(18)16(23)2/h3-9,12,16,18-20,24H,10-11,13-14H2,1-2H3/t16?,18-,19?,20+/m1/s1. The molecular formula is C22H27NO. The van der Waals surface area contributed by atoms with Crippen molar-refractivity contribution in [3.05, 3.63) is 65.2 Å². The van der Waals surface area contributed by atoms with Gasteiger partial charge in [0.2, 0.25) is 0 Å². The van der Waals surface area contributed by atoms with Gasteiger partial charge in [-0.1, -0.05) is 48.0 Å². The van der Waals surface area contributed by atoms with Crippen molar-refractivity contribution >= 4 is 0 Å². The zero-order valence-electron chi connectivity index (χ0n) is 14.7. The summed E-state index contributed by atoms with van der Waals surface area (Å²) in [7, 11) is 0. The fraction of sp³-hybridized carbons (Fsp3) is 0.455. The van der Waals surface area contributed by atoms with Gasteiger partial charge in [0.15, 0.2) is 0 Å². The number of nitrogens with zero attached hydrogens (tertiary/aromatic N) is 1. The molecule has 1 aliphatic heterocycles. The van der Waals surface area contributed by atoms with E-state index in [0.717, 1.165) is 36.4 Å². The van der Waals surface area contributed by atoms with Crippen molar-refractivity contribution in [2.24, 2.45) is 11.8 Å². The van der Waals surface area contributed by atoms with Gasteiger partial charge in [-0.3, -0.25) is 0 Å². The molecule has 1 aliphatic carbocycles. The molecule has 2 aromatic rings. The van der Waals surface area contributed by atoms with E-state index in [4.69, 9.17) is 0 Å². The van der Waals surface area contributed by atoms with Crippen LogP contribution in [0.25, 0.3) is 0 Å². The van der Waals surface area contributed by atoms with Crippen LogP contribution in [0.3, 0.4) is 0 Å². The quantitative estimate of drug-likeness (QED) is 0.872. The van der Waals surface area contributed by atoms with Crippen molar-refractivity contribution < 1.29 is 5.11 Å². The first-order chi connectivity index (χ1) is 11.6. The molecular weight excluding hydrogens is 294 g/mol. The van der Waals surface area contributed by atoms with E-state index in [1.807, 2.05) is 12.1 Å². The molecule has 1 saturated heterocycles. The first-order valence-corrected chi connectivity index (χ1v) is 9.22. The summed E-state index contributed by atoms with van der Waals surface area (Å²) in [6.07, 6.45) is 2.50. The Kier molecular flexibility index (Phi) is 4.09. The van der Waals surface area contributed by atoms with E-state index >= 15 is 0 Å². The number of aryl methyl sites for hydroxylation is 1. The Morgan fingerprint density at radius 2 is 1.96 bits per heavy atom. The number of rotatable bonds is 5. The fourth-order valence-electron chi connectivity index (χ4n) is 4.54. The molecule has 0 aromatic heterocycles. The third-order valence-corrected chi connectivity index (χ3v) is 6.11. The molecule has 1 N–H and O–H groups in total. The predicted octanol–water partition coefficient (Wildman–Crippen LogP) is 4.56.